The Labute approximate surface area is 128 Å². The van der Waals surface area contributed by atoms with Crippen molar-refractivity contribution in [2.45, 2.75) is 33.4 Å². The third-order valence-electron chi connectivity index (χ3n) is 3.75. The van der Waals surface area contributed by atoms with Gasteiger partial charge in [0.05, 0.1) is 13.2 Å². The summed E-state index contributed by atoms with van der Waals surface area (Å²) in [6.45, 7) is 3.89. The summed E-state index contributed by atoms with van der Waals surface area (Å²) in [6, 6.07) is 6.98. The predicted octanol–water partition coefficient (Wildman–Crippen LogP) is 3.04. The van der Waals surface area contributed by atoms with Crippen molar-refractivity contribution in [2.24, 2.45) is 0 Å². The third-order valence-corrected chi connectivity index (χ3v) is 3.75. The first kappa shape index (κ1) is 14.7. The standard InChI is InChI=1S/C17H17NO4/c1-10-15(11(2)19)16-13(7-18-10)9-22-17(16)21-8-12-5-3-4-6-14(12)20/h3-7,17,20H,8-9H2,1-2H3. The minimum absolute atomic E-state index is 0.0523. The summed E-state index contributed by atoms with van der Waals surface area (Å²) in [6.07, 6.45) is 1.11. The van der Waals surface area contributed by atoms with E-state index in [1.165, 1.54) is 6.92 Å². The van der Waals surface area contributed by atoms with Crippen LogP contribution in [0.2, 0.25) is 0 Å². The minimum atomic E-state index is -0.616. The molecule has 0 amide bonds. The molecule has 1 aromatic carbocycles. The number of Topliss-reactive ketones (excluding diaryl/α,β-unsaturated/α-hetero) is 1. The quantitative estimate of drug-likeness (QED) is 0.879. The fraction of sp³-hybridized carbons (Fsp3) is 0.294. The van der Waals surface area contributed by atoms with Gasteiger partial charge in [-0.1, -0.05) is 18.2 Å². The molecule has 1 atom stereocenters. The molecule has 5 nitrogen and oxygen atoms in total. The molecule has 0 spiro atoms. The highest BCUT2D eigenvalue weighted by atomic mass is 16.7. The van der Waals surface area contributed by atoms with Crippen LogP contribution in [0.25, 0.3) is 0 Å². The zero-order valence-corrected chi connectivity index (χ0v) is 12.5. The Bertz CT molecular complexity index is 727. The molecule has 22 heavy (non-hydrogen) atoms. The number of fused-ring (bicyclic) bond motifs is 1. The maximum Gasteiger partial charge on any atom is 0.185 e. The molecule has 5 heteroatoms. The van der Waals surface area contributed by atoms with Crippen LogP contribution in [0.4, 0.5) is 0 Å². The van der Waals surface area contributed by atoms with Crippen molar-refractivity contribution < 1.29 is 19.4 Å². The maximum absolute atomic E-state index is 11.9. The second-order valence-electron chi connectivity index (χ2n) is 5.30. The maximum atomic E-state index is 11.9. The number of ketones is 1. The van der Waals surface area contributed by atoms with Gasteiger partial charge in [0.25, 0.3) is 0 Å². The van der Waals surface area contributed by atoms with Crippen LogP contribution in [0.15, 0.2) is 30.5 Å². The first-order valence-electron chi connectivity index (χ1n) is 7.07. The topological polar surface area (TPSA) is 68.7 Å². The molecular weight excluding hydrogens is 282 g/mol. The van der Waals surface area contributed by atoms with Crippen molar-refractivity contribution in [1.82, 2.24) is 4.98 Å². The summed E-state index contributed by atoms with van der Waals surface area (Å²) in [5.41, 5.74) is 3.55. The van der Waals surface area contributed by atoms with Gasteiger partial charge in [0, 0.05) is 34.1 Å². The van der Waals surface area contributed by atoms with Gasteiger partial charge in [0.2, 0.25) is 0 Å². The molecule has 0 saturated carbocycles. The number of rotatable bonds is 4. The largest absolute Gasteiger partial charge is 0.508 e. The van der Waals surface area contributed by atoms with Gasteiger partial charge in [-0.25, -0.2) is 0 Å². The van der Waals surface area contributed by atoms with E-state index < -0.39 is 6.29 Å². The second kappa shape index (κ2) is 5.87. The van der Waals surface area contributed by atoms with Crippen LogP contribution >= 0.6 is 0 Å². The molecule has 0 aliphatic carbocycles. The van der Waals surface area contributed by atoms with Gasteiger partial charge in [-0.05, 0) is 19.9 Å². The number of carbonyl (C=O) groups is 1. The molecule has 1 aliphatic rings. The average Bonchev–Trinajstić information content (AvgIpc) is 2.89. The van der Waals surface area contributed by atoms with Crippen LogP contribution < -0.4 is 0 Å². The van der Waals surface area contributed by atoms with Crippen LogP contribution in [-0.4, -0.2) is 15.9 Å². The molecule has 0 fully saturated rings. The smallest absolute Gasteiger partial charge is 0.185 e. The molecule has 1 N–H and O–H groups in total. The summed E-state index contributed by atoms with van der Waals surface area (Å²) in [4.78, 5) is 16.2. The van der Waals surface area contributed by atoms with Gasteiger partial charge in [-0.2, -0.15) is 0 Å². The van der Waals surface area contributed by atoms with Gasteiger partial charge in [-0.15, -0.1) is 0 Å². The lowest BCUT2D eigenvalue weighted by Crippen LogP contribution is -2.10. The van der Waals surface area contributed by atoms with Gasteiger partial charge >= 0.3 is 0 Å². The van der Waals surface area contributed by atoms with Crippen molar-refractivity contribution in [3.05, 3.63) is 58.4 Å². The van der Waals surface area contributed by atoms with Crippen LogP contribution in [0.3, 0.4) is 0 Å². The highest BCUT2D eigenvalue weighted by Crippen LogP contribution is 2.36. The van der Waals surface area contributed by atoms with E-state index in [0.717, 1.165) is 11.1 Å². The number of para-hydroxylation sites is 1. The number of hydrogen-bond acceptors (Lipinski definition) is 5. The number of nitrogens with zero attached hydrogens (tertiary/aromatic N) is 1. The number of pyridine rings is 1. The van der Waals surface area contributed by atoms with E-state index in [1.54, 1.807) is 31.3 Å². The number of ether oxygens (including phenoxy) is 2. The number of hydrogen-bond donors (Lipinski definition) is 1. The molecule has 114 valence electrons. The molecule has 0 saturated heterocycles. The van der Waals surface area contributed by atoms with Crippen LogP contribution in [0.1, 0.15) is 46.0 Å². The van der Waals surface area contributed by atoms with Gasteiger partial charge in [0.1, 0.15) is 5.75 Å². The first-order chi connectivity index (χ1) is 10.6. The lowest BCUT2D eigenvalue weighted by atomic mass is 10.00. The summed E-state index contributed by atoms with van der Waals surface area (Å²) in [5, 5.41) is 9.78. The lowest BCUT2D eigenvalue weighted by molar-refractivity contribution is -0.146. The number of aromatic nitrogens is 1. The van der Waals surface area contributed by atoms with Crippen LogP contribution in [0, 0.1) is 6.92 Å². The zero-order valence-electron chi connectivity index (χ0n) is 12.5. The van der Waals surface area contributed by atoms with E-state index in [9.17, 15) is 9.90 Å². The number of phenols is 1. The molecule has 0 bridgehead atoms. The van der Waals surface area contributed by atoms with Crippen molar-refractivity contribution in [1.29, 1.82) is 0 Å². The Balaban J connectivity index is 1.87. The van der Waals surface area contributed by atoms with E-state index in [4.69, 9.17) is 9.47 Å². The average molecular weight is 299 g/mol. The number of aromatic hydroxyl groups is 1. The Morgan fingerprint density at radius 3 is 2.95 bits per heavy atom. The minimum Gasteiger partial charge on any atom is -0.508 e. The Morgan fingerprint density at radius 2 is 2.23 bits per heavy atom. The van der Waals surface area contributed by atoms with Crippen molar-refractivity contribution in [3.8, 4) is 5.75 Å². The SMILES string of the molecule is CC(=O)c1c(C)ncc2c1C(OCc1ccccc1O)OC2. The molecule has 0 radical (unpaired) electrons. The number of benzene rings is 1. The van der Waals surface area contributed by atoms with Crippen LogP contribution in [-0.2, 0) is 22.7 Å². The van der Waals surface area contributed by atoms with Crippen molar-refractivity contribution in [3.63, 3.8) is 0 Å². The summed E-state index contributed by atoms with van der Waals surface area (Å²) >= 11 is 0. The molecule has 1 aromatic heterocycles. The van der Waals surface area contributed by atoms with E-state index in [-0.39, 0.29) is 18.1 Å². The zero-order chi connectivity index (χ0) is 15.7. The van der Waals surface area contributed by atoms with E-state index in [0.29, 0.717) is 23.4 Å². The first-order valence-corrected chi connectivity index (χ1v) is 7.07. The fourth-order valence-electron chi connectivity index (χ4n) is 2.67. The Kier molecular flexibility index (Phi) is 3.92. The van der Waals surface area contributed by atoms with Crippen LogP contribution in [0.5, 0.6) is 5.75 Å². The van der Waals surface area contributed by atoms with E-state index >= 15 is 0 Å². The highest BCUT2D eigenvalue weighted by Gasteiger charge is 2.30. The number of carbonyl (C=O) groups excluding carboxylic acids is 1. The highest BCUT2D eigenvalue weighted by molar-refractivity contribution is 5.97. The van der Waals surface area contributed by atoms with E-state index in [1.807, 2.05) is 6.07 Å². The van der Waals surface area contributed by atoms with Gasteiger partial charge < -0.3 is 14.6 Å². The molecular formula is C17H17NO4. The predicted molar refractivity (Wildman–Crippen MR) is 79.4 cm³/mol. The van der Waals surface area contributed by atoms with Crippen molar-refractivity contribution >= 4 is 5.78 Å². The fourth-order valence-corrected chi connectivity index (χ4v) is 2.67. The molecule has 1 aliphatic heterocycles. The number of aryl methyl sites for hydroxylation is 1. The summed E-state index contributed by atoms with van der Waals surface area (Å²) < 4.78 is 11.4. The summed E-state index contributed by atoms with van der Waals surface area (Å²) in [7, 11) is 0. The van der Waals surface area contributed by atoms with Crippen molar-refractivity contribution in [2.75, 3.05) is 0 Å². The normalized spacial score (nSPS) is 16.5. The van der Waals surface area contributed by atoms with E-state index in [2.05, 4.69) is 4.98 Å². The second-order valence-corrected chi connectivity index (χ2v) is 5.30. The third kappa shape index (κ3) is 2.61. The summed E-state index contributed by atoms with van der Waals surface area (Å²) in [5.74, 6) is 0.127. The molecule has 1 unspecified atom stereocenters. The monoisotopic (exact) mass is 299 g/mol. The number of phenolic OH excluding ortho intramolecular Hbond substituents is 1. The lowest BCUT2D eigenvalue weighted by Gasteiger charge is -2.16. The molecule has 2 aromatic rings. The Morgan fingerprint density at radius 1 is 1.45 bits per heavy atom. The molecule has 2 heterocycles. The molecule has 3 rings (SSSR count). The van der Waals surface area contributed by atoms with Gasteiger partial charge in [-0.3, -0.25) is 9.78 Å². The Hall–Kier alpha value is -2.24. The van der Waals surface area contributed by atoms with Gasteiger partial charge in [0.15, 0.2) is 12.1 Å².